The predicted molar refractivity (Wildman–Crippen MR) is 234 cm³/mol. The fraction of sp³-hybridized carbons (Fsp3) is 0.245. The van der Waals surface area contributed by atoms with E-state index in [1.807, 2.05) is 19.9 Å². The lowest BCUT2D eigenvalue weighted by Crippen LogP contribution is -2.14. The second-order valence-corrected chi connectivity index (χ2v) is 14.6. The van der Waals surface area contributed by atoms with Gasteiger partial charge in [-0.2, -0.15) is 0 Å². The van der Waals surface area contributed by atoms with Crippen molar-refractivity contribution in [2.45, 2.75) is 87.0 Å². The van der Waals surface area contributed by atoms with E-state index in [-0.39, 0.29) is 5.41 Å². The van der Waals surface area contributed by atoms with Gasteiger partial charge in [-0.3, -0.25) is 0 Å². The normalized spacial score (nSPS) is 13.3. The van der Waals surface area contributed by atoms with Crippen LogP contribution in [0, 0.1) is 20.8 Å². The Morgan fingerprint density at radius 2 is 1.08 bits per heavy atom. The molecule has 8 rings (SSSR count). The lowest BCUT2D eigenvalue weighted by Gasteiger charge is -2.21. The third kappa shape index (κ3) is 9.06. The Morgan fingerprint density at radius 1 is 0.509 bits per heavy atom. The molecule has 0 saturated heterocycles. The summed E-state index contributed by atoms with van der Waals surface area (Å²) in [5.74, 6) is 0. The lowest BCUT2D eigenvalue weighted by atomic mass is 9.82. The molecule has 0 aromatic heterocycles. The summed E-state index contributed by atoms with van der Waals surface area (Å²) in [4.78, 5) is 0. The van der Waals surface area contributed by atoms with Gasteiger partial charge in [-0.15, -0.1) is 0 Å². The van der Waals surface area contributed by atoms with E-state index in [1.54, 1.807) is 0 Å². The number of allylic oxidation sites excluding steroid dienone is 4. The largest absolute Gasteiger partial charge is 0.0839 e. The molecule has 0 amide bonds. The molecule has 0 heteroatoms. The summed E-state index contributed by atoms with van der Waals surface area (Å²) in [6, 6.07) is 50.4. The van der Waals surface area contributed by atoms with Crippen molar-refractivity contribution in [2.24, 2.45) is 0 Å². The summed E-state index contributed by atoms with van der Waals surface area (Å²) in [7, 11) is 0. The van der Waals surface area contributed by atoms with Crippen molar-refractivity contribution >= 4 is 5.57 Å². The van der Waals surface area contributed by atoms with Gasteiger partial charge in [0.15, 0.2) is 0 Å². The van der Waals surface area contributed by atoms with Crippen molar-refractivity contribution in [3.63, 3.8) is 0 Å². The molecule has 2 aliphatic carbocycles. The first kappa shape index (κ1) is 39.0. The molecule has 6 aromatic carbocycles. The quantitative estimate of drug-likeness (QED) is 0.172. The second-order valence-electron chi connectivity index (χ2n) is 14.6. The van der Waals surface area contributed by atoms with Gasteiger partial charge in [0.2, 0.25) is 0 Å². The molecule has 0 aliphatic heterocycles. The zero-order valence-electron chi connectivity index (χ0n) is 33.6. The zero-order valence-corrected chi connectivity index (χ0v) is 33.6. The van der Waals surface area contributed by atoms with Crippen LogP contribution in [0.25, 0.3) is 39.0 Å². The number of aryl methyl sites for hydroxylation is 3. The van der Waals surface area contributed by atoms with Gasteiger partial charge in [0, 0.05) is 5.41 Å². The van der Waals surface area contributed by atoms with E-state index < -0.39 is 0 Å². The monoisotopic (exact) mass is 694 g/mol. The molecule has 0 unspecified atom stereocenters. The van der Waals surface area contributed by atoms with E-state index in [9.17, 15) is 0 Å². The van der Waals surface area contributed by atoms with Crippen molar-refractivity contribution in [3.05, 3.63) is 196 Å². The third-order valence-corrected chi connectivity index (χ3v) is 10.6. The van der Waals surface area contributed by atoms with Crippen LogP contribution in [0.5, 0.6) is 0 Å². The van der Waals surface area contributed by atoms with Crippen LogP contribution in [0.2, 0.25) is 0 Å². The van der Waals surface area contributed by atoms with E-state index in [4.69, 9.17) is 0 Å². The number of rotatable bonds is 4. The number of benzene rings is 6. The highest BCUT2D eigenvalue weighted by molar-refractivity contribution is 5.84. The van der Waals surface area contributed by atoms with Gasteiger partial charge in [-0.25, -0.2) is 0 Å². The molecular weight excluding hydrogens is 637 g/mol. The standard InChI is InChI=1S/C22H20.C21H22.C8H10.C2H6/c1-15-7-6-8-16(13-15)17-11-12-21-19(14-17)18-9-4-5-10-20(18)22(21,2)3;1-15-8-6-10-18(14-15)20-12-7-13-21(17(20)3)19-11-5-4-9-16(19)2;1-2-8-6-4-3-5-7-8;1-2/h4-14H,1-3H3;4,6-10,12-14H,5,11H2,1-3H3;3-7H,2H2,1H3;1-2H3. The van der Waals surface area contributed by atoms with Crippen LogP contribution in [-0.4, -0.2) is 0 Å². The molecule has 0 atom stereocenters. The third-order valence-electron chi connectivity index (χ3n) is 10.6. The first-order valence-electron chi connectivity index (χ1n) is 19.6. The molecule has 53 heavy (non-hydrogen) atoms. The van der Waals surface area contributed by atoms with E-state index in [2.05, 4.69) is 194 Å². The van der Waals surface area contributed by atoms with Crippen LogP contribution in [0.4, 0.5) is 0 Å². The highest BCUT2D eigenvalue weighted by Crippen LogP contribution is 2.49. The fourth-order valence-electron chi connectivity index (χ4n) is 7.66. The Hall–Kier alpha value is -5.20. The molecule has 0 bridgehead atoms. The molecule has 0 spiro atoms. The van der Waals surface area contributed by atoms with Crippen LogP contribution in [0.1, 0.15) is 93.3 Å². The molecule has 270 valence electrons. The molecule has 0 nitrogen and oxygen atoms in total. The fourth-order valence-corrected chi connectivity index (χ4v) is 7.66. The molecule has 0 heterocycles. The van der Waals surface area contributed by atoms with Gasteiger partial charge in [0.1, 0.15) is 0 Å². The van der Waals surface area contributed by atoms with Crippen LogP contribution in [-0.2, 0) is 11.8 Å². The predicted octanol–water partition coefficient (Wildman–Crippen LogP) is 15.3. The van der Waals surface area contributed by atoms with E-state index >= 15 is 0 Å². The SMILES string of the molecule is CC.CC1=C(c2cccc(-c3cccc(C)c3)c2C)CCC=C1.CCc1ccccc1.Cc1cccc(-c2ccc3c(c2)-c2ccccc2C3(C)C)c1. The molecule has 0 N–H and O–H groups in total. The van der Waals surface area contributed by atoms with Crippen LogP contribution >= 0.6 is 0 Å². The smallest absolute Gasteiger partial charge is 0.0158 e. The van der Waals surface area contributed by atoms with E-state index in [0.717, 1.165) is 19.3 Å². The van der Waals surface area contributed by atoms with Crippen LogP contribution in [0.3, 0.4) is 0 Å². The first-order valence-corrected chi connectivity index (χ1v) is 19.6. The topological polar surface area (TPSA) is 0 Å². The minimum Gasteiger partial charge on any atom is -0.0839 e. The average molecular weight is 695 g/mol. The molecule has 0 radical (unpaired) electrons. The summed E-state index contributed by atoms with van der Waals surface area (Å²) in [5, 5.41) is 0. The minimum absolute atomic E-state index is 0.0943. The Morgan fingerprint density at radius 3 is 1.74 bits per heavy atom. The zero-order chi connectivity index (χ0) is 38.0. The lowest BCUT2D eigenvalue weighted by molar-refractivity contribution is 0.660. The van der Waals surface area contributed by atoms with Crippen molar-refractivity contribution < 1.29 is 0 Å². The average Bonchev–Trinajstić information content (AvgIpc) is 3.42. The summed E-state index contributed by atoms with van der Waals surface area (Å²) >= 11 is 0. The van der Waals surface area contributed by atoms with E-state index in [0.29, 0.717) is 0 Å². The second kappa shape index (κ2) is 18.0. The van der Waals surface area contributed by atoms with Crippen molar-refractivity contribution in [1.29, 1.82) is 0 Å². The number of fused-ring (bicyclic) bond motifs is 3. The molecule has 6 aromatic rings. The Bertz CT molecular complexity index is 2190. The number of hydrogen-bond acceptors (Lipinski definition) is 0. The van der Waals surface area contributed by atoms with Crippen molar-refractivity contribution in [2.75, 3.05) is 0 Å². The molecular formula is C53H58. The Kier molecular flexibility index (Phi) is 13.3. The van der Waals surface area contributed by atoms with Gasteiger partial charge in [0.05, 0.1) is 0 Å². The summed E-state index contributed by atoms with van der Waals surface area (Å²) < 4.78 is 0. The maximum Gasteiger partial charge on any atom is 0.0158 e. The van der Waals surface area contributed by atoms with E-state index in [1.165, 1.54) is 83.5 Å². The minimum atomic E-state index is 0.0943. The Balaban J connectivity index is 0.000000164. The highest BCUT2D eigenvalue weighted by atomic mass is 14.4. The van der Waals surface area contributed by atoms with Crippen LogP contribution < -0.4 is 0 Å². The summed E-state index contributed by atoms with van der Waals surface area (Å²) in [6.07, 6.45) is 7.98. The maximum absolute atomic E-state index is 2.36. The molecule has 0 saturated carbocycles. The van der Waals surface area contributed by atoms with Crippen molar-refractivity contribution in [1.82, 2.24) is 0 Å². The first-order chi connectivity index (χ1) is 25.7. The highest BCUT2D eigenvalue weighted by Gasteiger charge is 2.35. The molecule has 0 fully saturated rings. The van der Waals surface area contributed by atoms with Crippen molar-refractivity contribution in [3.8, 4) is 33.4 Å². The Labute approximate surface area is 321 Å². The van der Waals surface area contributed by atoms with Crippen LogP contribution in [0.15, 0.2) is 157 Å². The summed E-state index contributed by atoms with van der Waals surface area (Å²) in [5.41, 5.74) is 20.8. The van der Waals surface area contributed by atoms with Gasteiger partial charge in [-0.1, -0.05) is 191 Å². The molecule has 2 aliphatic rings. The summed E-state index contributed by atoms with van der Waals surface area (Å²) in [6.45, 7) is 19.6. The van der Waals surface area contributed by atoms with Gasteiger partial charge >= 0.3 is 0 Å². The van der Waals surface area contributed by atoms with Gasteiger partial charge in [0.25, 0.3) is 0 Å². The number of hydrogen-bond donors (Lipinski definition) is 0. The van der Waals surface area contributed by atoms with Gasteiger partial charge in [-0.05, 0) is 125 Å². The van der Waals surface area contributed by atoms with Gasteiger partial charge < -0.3 is 0 Å². The maximum atomic E-state index is 2.36.